The summed E-state index contributed by atoms with van der Waals surface area (Å²) in [7, 11) is 0. The van der Waals surface area contributed by atoms with Crippen molar-refractivity contribution >= 4 is 11.6 Å². The molecule has 1 unspecified atom stereocenters. The standard InChI is InChI=1S/C17H18ClFN2/c18-14-5-6-16(19)15(9-14)17(10-20)21-8-7-12-3-1-2-4-13(12)11-21/h1-6,9,17H,7-8,10-11,20H2. The number of hydrogen-bond acceptors (Lipinski definition) is 2. The molecule has 2 aromatic carbocycles. The lowest BCUT2D eigenvalue weighted by atomic mass is 9.96. The monoisotopic (exact) mass is 304 g/mol. The van der Waals surface area contributed by atoms with Crippen molar-refractivity contribution in [1.82, 2.24) is 4.90 Å². The minimum Gasteiger partial charge on any atom is -0.329 e. The normalized spacial score (nSPS) is 16.5. The van der Waals surface area contributed by atoms with Gasteiger partial charge in [-0.2, -0.15) is 0 Å². The highest BCUT2D eigenvalue weighted by atomic mass is 35.5. The van der Waals surface area contributed by atoms with Crippen LogP contribution in [0.5, 0.6) is 0 Å². The first-order chi connectivity index (χ1) is 10.2. The van der Waals surface area contributed by atoms with Gasteiger partial charge in [0.1, 0.15) is 5.82 Å². The molecule has 110 valence electrons. The first-order valence-electron chi connectivity index (χ1n) is 7.15. The molecule has 3 rings (SSSR count). The van der Waals surface area contributed by atoms with Gasteiger partial charge in [-0.25, -0.2) is 4.39 Å². The maximum absolute atomic E-state index is 14.1. The topological polar surface area (TPSA) is 29.3 Å². The fourth-order valence-corrected chi connectivity index (χ4v) is 3.21. The fourth-order valence-electron chi connectivity index (χ4n) is 3.03. The lowest BCUT2D eigenvalue weighted by Crippen LogP contribution is -2.38. The third kappa shape index (κ3) is 2.95. The molecule has 0 bridgehead atoms. The third-order valence-corrected chi connectivity index (χ3v) is 4.38. The van der Waals surface area contributed by atoms with E-state index in [1.807, 2.05) is 6.07 Å². The summed E-state index contributed by atoms with van der Waals surface area (Å²) in [5, 5.41) is 0.544. The fraction of sp³-hybridized carbons (Fsp3) is 0.294. The molecule has 0 aliphatic carbocycles. The molecule has 0 spiro atoms. The van der Waals surface area contributed by atoms with Gasteiger partial charge < -0.3 is 5.73 Å². The molecule has 0 saturated carbocycles. The van der Waals surface area contributed by atoms with E-state index in [2.05, 4.69) is 23.1 Å². The van der Waals surface area contributed by atoms with E-state index >= 15 is 0 Å². The molecule has 0 saturated heterocycles. The highest BCUT2D eigenvalue weighted by molar-refractivity contribution is 6.30. The van der Waals surface area contributed by atoms with Gasteiger partial charge in [-0.1, -0.05) is 35.9 Å². The van der Waals surface area contributed by atoms with E-state index in [0.717, 1.165) is 19.5 Å². The summed E-state index contributed by atoms with van der Waals surface area (Å²) in [6.07, 6.45) is 0.967. The summed E-state index contributed by atoms with van der Waals surface area (Å²) in [6, 6.07) is 12.9. The minimum absolute atomic E-state index is 0.142. The van der Waals surface area contributed by atoms with Crippen molar-refractivity contribution in [2.24, 2.45) is 5.73 Å². The van der Waals surface area contributed by atoms with Gasteiger partial charge in [0.25, 0.3) is 0 Å². The highest BCUT2D eigenvalue weighted by Crippen LogP contribution is 2.30. The second-order valence-corrected chi connectivity index (χ2v) is 5.84. The first-order valence-corrected chi connectivity index (χ1v) is 7.52. The Bertz CT molecular complexity index is 644. The van der Waals surface area contributed by atoms with Crippen molar-refractivity contribution in [2.45, 2.75) is 19.0 Å². The quantitative estimate of drug-likeness (QED) is 0.940. The van der Waals surface area contributed by atoms with E-state index in [1.165, 1.54) is 17.2 Å². The molecule has 0 fully saturated rings. The Morgan fingerprint density at radius 3 is 2.71 bits per heavy atom. The summed E-state index contributed by atoms with van der Waals surface area (Å²) in [5.41, 5.74) is 9.18. The van der Waals surface area contributed by atoms with E-state index < -0.39 is 0 Å². The molecule has 1 atom stereocenters. The smallest absolute Gasteiger partial charge is 0.128 e. The molecule has 0 amide bonds. The van der Waals surface area contributed by atoms with Crippen molar-refractivity contribution < 1.29 is 4.39 Å². The third-order valence-electron chi connectivity index (χ3n) is 4.14. The van der Waals surface area contributed by atoms with Crippen LogP contribution in [0.4, 0.5) is 4.39 Å². The van der Waals surface area contributed by atoms with Crippen LogP contribution < -0.4 is 5.73 Å². The van der Waals surface area contributed by atoms with E-state index in [0.29, 0.717) is 17.1 Å². The molecular formula is C17H18ClFN2. The number of nitrogens with zero attached hydrogens (tertiary/aromatic N) is 1. The zero-order valence-corrected chi connectivity index (χ0v) is 12.5. The summed E-state index contributed by atoms with van der Waals surface area (Å²) in [6.45, 7) is 2.05. The lowest BCUT2D eigenvalue weighted by Gasteiger charge is -2.35. The van der Waals surface area contributed by atoms with Crippen LogP contribution in [-0.2, 0) is 13.0 Å². The molecule has 4 heteroatoms. The molecule has 1 heterocycles. The zero-order chi connectivity index (χ0) is 14.8. The Kier molecular flexibility index (Phi) is 4.24. The van der Waals surface area contributed by atoms with Crippen molar-refractivity contribution in [3.63, 3.8) is 0 Å². The summed E-state index contributed by atoms with van der Waals surface area (Å²) in [5.74, 6) is -0.242. The summed E-state index contributed by atoms with van der Waals surface area (Å²) in [4.78, 5) is 2.23. The van der Waals surface area contributed by atoms with Crippen LogP contribution in [-0.4, -0.2) is 18.0 Å². The van der Waals surface area contributed by atoms with Crippen LogP contribution >= 0.6 is 11.6 Å². The van der Waals surface area contributed by atoms with Crippen LogP contribution in [0.25, 0.3) is 0 Å². The second-order valence-electron chi connectivity index (χ2n) is 5.41. The van der Waals surface area contributed by atoms with Gasteiger partial charge in [-0.3, -0.25) is 4.90 Å². The van der Waals surface area contributed by atoms with E-state index in [4.69, 9.17) is 17.3 Å². The number of benzene rings is 2. The van der Waals surface area contributed by atoms with Crippen LogP contribution in [0.1, 0.15) is 22.7 Å². The SMILES string of the molecule is NCC(c1cc(Cl)ccc1F)N1CCc2ccccc2C1. The molecule has 1 aliphatic rings. The van der Waals surface area contributed by atoms with Crippen molar-refractivity contribution in [2.75, 3.05) is 13.1 Å². The Morgan fingerprint density at radius 1 is 1.19 bits per heavy atom. The Hall–Kier alpha value is -1.42. The van der Waals surface area contributed by atoms with Gasteiger partial charge in [-0.05, 0) is 35.7 Å². The highest BCUT2D eigenvalue weighted by Gasteiger charge is 2.25. The Balaban J connectivity index is 1.90. The molecule has 0 aromatic heterocycles. The predicted octanol–water partition coefficient (Wildman–Crippen LogP) is 3.54. The van der Waals surface area contributed by atoms with Gasteiger partial charge in [0.05, 0.1) is 6.04 Å². The largest absolute Gasteiger partial charge is 0.329 e. The predicted molar refractivity (Wildman–Crippen MR) is 83.8 cm³/mol. The van der Waals surface area contributed by atoms with Crippen molar-refractivity contribution in [3.8, 4) is 0 Å². The summed E-state index contributed by atoms with van der Waals surface area (Å²) >= 11 is 6.01. The van der Waals surface area contributed by atoms with E-state index in [1.54, 1.807) is 12.1 Å². The Labute approximate surface area is 129 Å². The molecule has 0 radical (unpaired) electrons. The molecule has 2 nitrogen and oxygen atoms in total. The van der Waals surface area contributed by atoms with Gasteiger partial charge in [0.15, 0.2) is 0 Å². The average molecular weight is 305 g/mol. The van der Waals surface area contributed by atoms with Gasteiger partial charge in [0.2, 0.25) is 0 Å². The van der Waals surface area contributed by atoms with Gasteiger partial charge >= 0.3 is 0 Å². The maximum atomic E-state index is 14.1. The van der Waals surface area contributed by atoms with Gasteiger partial charge in [0, 0.05) is 30.2 Å². The van der Waals surface area contributed by atoms with Gasteiger partial charge in [-0.15, -0.1) is 0 Å². The summed E-state index contributed by atoms with van der Waals surface area (Å²) < 4.78 is 14.1. The van der Waals surface area contributed by atoms with E-state index in [-0.39, 0.29) is 11.9 Å². The second kappa shape index (κ2) is 6.14. The van der Waals surface area contributed by atoms with E-state index in [9.17, 15) is 4.39 Å². The lowest BCUT2D eigenvalue weighted by molar-refractivity contribution is 0.180. The molecule has 21 heavy (non-hydrogen) atoms. The number of hydrogen-bond donors (Lipinski definition) is 1. The van der Waals surface area contributed by atoms with Crippen molar-refractivity contribution in [1.29, 1.82) is 0 Å². The number of fused-ring (bicyclic) bond motifs is 1. The zero-order valence-electron chi connectivity index (χ0n) is 11.7. The van der Waals surface area contributed by atoms with Crippen LogP contribution in [0, 0.1) is 5.82 Å². The molecule has 2 aromatic rings. The maximum Gasteiger partial charge on any atom is 0.128 e. The molecule has 2 N–H and O–H groups in total. The van der Waals surface area contributed by atoms with Crippen LogP contribution in [0.15, 0.2) is 42.5 Å². The van der Waals surface area contributed by atoms with Crippen LogP contribution in [0.2, 0.25) is 5.02 Å². The van der Waals surface area contributed by atoms with Crippen LogP contribution in [0.3, 0.4) is 0 Å². The number of rotatable bonds is 3. The molecule has 1 aliphatic heterocycles. The first kappa shape index (κ1) is 14.5. The number of nitrogens with two attached hydrogens (primary N) is 1. The number of halogens is 2. The average Bonchev–Trinajstić information content (AvgIpc) is 2.51. The molecular weight excluding hydrogens is 287 g/mol. The Morgan fingerprint density at radius 2 is 1.95 bits per heavy atom. The minimum atomic E-state index is -0.242. The van der Waals surface area contributed by atoms with Crippen molar-refractivity contribution in [3.05, 3.63) is 70.0 Å².